The number of benzene rings is 3. The van der Waals surface area contributed by atoms with E-state index in [0.717, 1.165) is 42.2 Å². The van der Waals surface area contributed by atoms with Gasteiger partial charge < -0.3 is 46.7 Å². The number of amides is 3. The Hall–Kier alpha value is -10.7. The van der Waals surface area contributed by atoms with Crippen LogP contribution in [-0.2, 0) is 33.3 Å². The number of carboxylic acid groups (broad SMARTS) is 2. The van der Waals surface area contributed by atoms with Gasteiger partial charge >= 0.3 is 24.3 Å². The molecule has 6 heterocycles. The molecule has 4 atom stereocenters. The third-order valence-corrected chi connectivity index (χ3v) is 15.9. The zero-order chi connectivity index (χ0) is 65.1. The molecule has 3 aromatic carbocycles. The van der Waals surface area contributed by atoms with Crippen LogP contribution in [-0.4, -0.2) is 98.3 Å². The topological polar surface area (TPSA) is 305 Å². The zero-order valence-electron chi connectivity index (χ0n) is 49.1. The number of nitrogens with one attached hydrogen (secondary N) is 4. The number of alkyl halides is 6. The van der Waals surface area contributed by atoms with Gasteiger partial charge in [0.1, 0.15) is 68.6 Å². The minimum absolute atomic E-state index is 0.103. The van der Waals surface area contributed by atoms with Gasteiger partial charge in [-0.05, 0) is 113 Å². The third kappa shape index (κ3) is 14.0. The molecule has 0 radical (unpaired) electrons. The molecule has 0 spiro atoms. The molecule has 91 heavy (non-hydrogen) atoms. The summed E-state index contributed by atoms with van der Waals surface area (Å²) in [5, 5.41) is 29.8. The number of pyridine rings is 2. The van der Waals surface area contributed by atoms with Crippen molar-refractivity contribution in [1.82, 2.24) is 44.0 Å². The number of imidazole rings is 2. The number of anilines is 4. The van der Waals surface area contributed by atoms with Crippen molar-refractivity contribution in [3.63, 3.8) is 0 Å². The molecular formula is C63H59F6N13O9. The molecule has 2 aliphatic rings. The molecule has 0 bridgehead atoms. The number of aromatic nitrogens is 8. The Bertz CT molecular complexity index is 4230. The molecule has 2 aliphatic carbocycles. The summed E-state index contributed by atoms with van der Waals surface area (Å²) in [6, 6.07) is 21.5. The summed E-state index contributed by atoms with van der Waals surface area (Å²) >= 11 is 0. The first kappa shape index (κ1) is 63.4. The number of aliphatic carboxylic acids is 2. The molecule has 8 N–H and O–H groups in total. The fourth-order valence-corrected chi connectivity index (χ4v) is 11.1. The number of carbonyl (C=O) groups is 5. The third-order valence-electron chi connectivity index (χ3n) is 15.9. The summed E-state index contributed by atoms with van der Waals surface area (Å²) in [7, 11) is 3.15. The quantitative estimate of drug-likeness (QED) is 0.0417. The number of ether oxygens (including phenoxy) is 2. The fourth-order valence-electron chi connectivity index (χ4n) is 11.1. The lowest BCUT2D eigenvalue weighted by Gasteiger charge is -2.23. The molecule has 0 saturated heterocycles. The summed E-state index contributed by atoms with van der Waals surface area (Å²) < 4.78 is 93.0. The molecule has 2 saturated carbocycles. The van der Waals surface area contributed by atoms with Gasteiger partial charge in [0.25, 0.3) is 11.8 Å². The highest BCUT2D eigenvalue weighted by Crippen LogP contribution is 2.43. The van der Waals surface area contributed by atoms with E-state index in [1.54, 1.807) is 81.5 Å². The van der Waals surface area contributed by atoms with Crippen LogP contribution in [0, 0.1) is 11.8 Å². The predicted octanol–water partition coefficient (Wildman–Crippen LogP) is 11.2. The van der Waals surface area contributed by atoms with Crippen LogP contribution in [0.1, 0.15) is 113 Å². The number of nitrogens with zero attached hydrogens (tertiary/aromatic N) is 8. The second-order valence-electron chi connectivity index (χ2n) is 22.3. The molecule has 2 unspecified atom stereocenters. The maximum atomic E-state index is 13.1. The largest absolute Gasteiger partial charge is 0.497 e. The van der Waals surface area contributed by atoms with Crippen LogP contribution in [0.4, 0.5) is 49.6 Å². The van der Waals surface area contributed by atoms with Gasteiger partial charge in [0.05, 0.1) is 31.3 Å². The maximum Gasteiger partial charge on any atom is 0.416 e. The van der Waals surface area contributed by atoms with Gasteiger partial charge in [-0.15, -0.1) is 0 Å². The number of halogens is 6. The Kier molecular flexibility index (Phi) is 18.0. The van der Waals surface area contributed by atoms with Gasteiger partial charge in [-0.1, -0.05) is 24.3 Å². The summed E-state index contributed by atoms with van der Waals surface area (Å²) in [5.41, 5.74) is 7.78. The van der Waals surface area contributed by atoms with E-state index in [4.69, 9.17) is 25.2 Å². The molecule has 3 amide bonds. The number of nitrogen functional groups attached to an aromatic ring is 1. The number of hydrogen-bond acceptors (Lipinski definition) is 15. The van der Waals surface area contributed by atoms with Crippen molar-refractivity contribution >= 4 is 64.0 Å². The average Bonchev–Trinajstić information content (AvgIpc) is 1.62. The van der Waals surface area contributed by atoms with Gasteiger partial charge in [-0.2, -0.15) is 26.3 Å². The van der Waals surface area contributed by atoms with Crippen molar-refractivity contribution in [2.75, 3.05) is 35.9 Å². The molecule has 2 fully saturated rings. The van der Waals surface area contributed by atoms with Gasteiger partial charge in [-0.3, -0.25) is 28.0 Å². The first-order chi connectivity index (χ1) is 43.3. The zero-order valence-corrected chi connectivity index (χ0v) is 49.1. The number of carbonyl (C=O) groups excluding carboxylic acids is 3. The Morgan fingerprint density at radius 1 is 0.615 bits per heavy atom. The molecule has 9 aromatic rings. The summed E-state index contributed by atoms with van der Waals surface area (Å²) in [6.07, 6.45) is 2.83. The molecule has 6 aromatic heterocycles. The molecule has 11 rings (SSSR count). The van der Waals surface area contributed by atoms with Crippen molar-refractivity contribution in [2.24, 2.45) is 11.8 Å². The smallest absolute Gasteiger partial charge is 0.416 e. The first-order valence-corrected chi connectivity index (χ1v) is 28.4. The van der Waals surface area contributed by atoms with Crippen molar-refractivity contribution < 1.29 is 70.0 Å². The van der Waals surface area contributed by atoms with E-state index in [-0.39, 0.29) is 52.2 Å². The number of hydrogen-bond donors (Lipinski definition) is 7. The van der Waals surface area contributed by atoms with Crippen LogP contribution in [0.25, 0.3) is 33.5 Å². The average molecular weight is 1260 g/mol. The SMILES string of the molecule is CC(C)(NC(=O)C1CCC(c2nc(-c3ccc(C(=O)Nc4cc(C(F)(F)F)ccn4)cc3)c3c(N)nccn23)C1)C(=O)O.COc1ccc(CNc2nccn3c([C@@H]4CC[C@H](C(=O)O)C4)nc(-c4ccc(C(=O)Nc5cc(C(F)(F)F)ccn5)cc4)c23)c(OC)c1. The number of nitrogens with two attached hydrogens (primary N) is 1. The highest BCUT2D eigenvalue weighted by Gasteiger charge is 2.39. The van der Waals surface area contributed by atoms with Crippen LogP contribution < -0.4 is 36.5 Å². The highest BCUT2D eigenvalue weighted by molar-refractivity contribution is 6.05. The van der Waals surface area contributed by atoms with Gasteiger partial charge in [-0.25, -0.2) is 34.7 Å². The van der Waals surface area contributed by atoms with Crippen molar-refractivity contribution in [1.29, 1.82) is 0 Å². The second kappa shape index (κ2) is 25.8. The lowest BCUT2D eigenvalue weighted by atomic mass is 10.0. The molecule has 28 heteroatoms. The van der Waals surface area contributed by atoms with E-state index in [2.05, 4.69) is 41.2 Å². The van der Waals surface area contributed by atoms with Crippen LogP contribution in [0.5, 0.6) is 11.5 Å². The van der Waals surface area contributed by atoms with E-state index in [1.807, 2.05) is 20.9 Å². The van der Waals surface area contributed by atoms with E-state index in [9.17, 15) is 60.5 Å². The highest BCUT2D eigenvalue weighted by atomic mass is 19.4. The monoisotopic (exact) mass is 1260 g/mol. The minimum atomic E-state index is -4.58. The molecule has 22 nitrogen and oxygen atoms in total. The lowest BCUT2D eigenvalue weighted by molar-refractivity contribution is -0.146. The fraction of sp³-hybridized carbons (Fsp3) is 0.286. The number of fused-ring (bicyclic) bond motifs is 2. The van der Waals surface area contributed by atoms with Crippen LogP contribution in [0.3, 0.4) is 0 Å². The lowest BCUT2D eigenvalue weighted by Crippen LogP contribution is -2.51. The second-order valence-corrected chi connectivity index (χ2v) is 22.3. The van der Waals surface area contributed by atoms with Gasteiger partial charge in [0.15, 0.2) is 5.82 Å². The predicted molar refractivity (Wildman–Crippen MR) is 320 cm³/mol. The van der Waals surface area contributed by atoms with E-state index < -0.39 is 58.7 Å². The van der Waals surface area contributed by atoms with Gasteiger partial charge in [0, 0.05) is 95.4 Å². The standard InChI is InChI=1S/C34H31F3N6O5.C29H28F3N7O4/c1-47-25-10-9-23(26(17-25)48-2)18-40-30-29-28(42-31(43(29)14-13-39-30)21-7-8-22(15-21)33(45)46)19-3-5-20(6-4-19)32(44)41-27-16-24(11-12-38-27)34(35,36)37;1-28(2,27(42)43)38-26(41)18-8-7-17(13-18)24-37-21(22-23(33)35-11-12-39(22)24)15-3-5-16(6-4-15)25(40)36-20-14-19(9-10-34-20)29(30,31)32/h3-6,9-14,16-17,21-22H,7-8,15,18H2,1-2H3,(H,39,40)(H,45,46)(H,38,41,44);3-6,9-12,14,17-18H,7-8,13H2,1-2H3,(H2,33,35)(H,38,41)(H,42,43)(H,34,36,40)/t21-,22+;/m1./s1. The summed E-state index contributed by atoms with van der Waals surface area (Å²) in [6.45, 7) is 3.22. The Morgan fingerprint density at radius 3 is 1.62 bits per heavy atom. The molecule has 0 aliphatic heterocycles. The summed E-state index contributed by atoms with van der Waals surface area (Å²) in [4.78, 5) is 88.0. The van der Waals surface area contributed by atoms with Crippen LogP contribution >= 0.6 is 0 Å². The molecule has 472 valence electrons. The number of carboxylic acids is 2. The molecular weight excluding hydrogens is 1200 g/mol. The maximum absolute atomic E-state index is 13.1. The number of rotatable bonds is 17. The van der Waals surface area contributed by atoms with Crippen LogP contribution in [0.2, 0.25) is 0 Å². The first-order valence-electron chi connectivity index (χ1n) is 28.4. The van der Waals surface area contributed by atoms with E-state index in [0.29, 0.717) is 108 Å². The van der Waals surface area contributed by atoms with Crippen molar-refractivity contribution in [2.45, 2.75) is 88.6 Å². The number of methoxy groups -OCH3 is 2. The Balaban J connectivity index is 0.000000201. The summed E-state index contributed by atoms with van der Waals surface area (Å²) in [5.74, 6) is -1.68. The Labute approximate surface area is 514 Å². The van der Waals surface area contributed by atoms with Crippen molar-refractivity contribution in [3.05, 3.63) is 168 Å². The minimum Gasteiger partial charge on any atom is -0.497 e. The van der Waals surface area contributed by atoms with Gasteiger partial charge in [0.2, 0.25) is 5.91 Å². The Morgan fingerprint density at radius 2 is 1.12 bits per heavy atom. The van der Waals surface area contributed by atoms with Crippen LogP contribution in [0.15, 0.2) is 128 Å². The normalized spacial score (nSPS) is 16.6. The van der Waals surface area contributed by atoms with E-state index >= 15 is 0 Å². The van der Waals surface area contributed by atoms with E-state index in [1.165, 1.54) is 26.0 Å². The van der Waals surface area contributed by atoms with Crippen molar-refractivity contribution in [3.8, 4) is 34.0 Å².